The van der Waals surface area contributed by atoms with Crippen molar-refractivity contribution in [3.05, 3.63) is 48.0 Å². The van der Waals surface area contributed by atoms with E-state index in [1.807, 2.05) is 6.07 Å². The van der Waals surface area contributed by atoms with Crippen molar-refractivity contribution in [3.63, 3.8) is 0 Å². The fraction of sp³-hybridized carbons (Fsp3) is 0.407. The maximum atomic E-state index is 14.6. The van der Waals surface area contributed by atoms with E-state index in [1.165, 1.54) is 6.07 Å². The van der Waals surface area contributed by atoms with Gasteiger partial charge in [-0.2, -0.15) is 10.1 Å². The number of aromatic nitrogens is 4. The summed E-state index contributed by atoms with van der Waals surface area (Å²) in [5, 5.41) is 11.9. The van der Waals surface area contributed by atoms with Gasteiger partial charge in [0.05, 0.1) is 11.1 Å². The Hall–Kier alpha value is -3.83. The Balaban J connectivity index is 1.35. The van der Waals surface area contributed by atoms with Crippen molar-refractivity contribution in [2.45, 2.75) is 25.9 Å². The molecule has 6 rings (SSSR count). The van der Waals surface area contributed by atoms with E-state index < -0.39 is 5.82 Å². The van der Waals surface area contributed by atoms with E-state index in [4.69, 9.17) is 4.74 Å². The van der Waals surface area contributed by atoms with Crippen molar-refractivity contribution in [2.75, 3.05) is 49.5 Å². The average Bonchev–Trinajstić information content (AvgIpc) is 3.61. The summed E-state index contributed by atoms with van der Waals surface area (Å²) in [6, 6.07) is 7.57. The molecule has 11 heteroatoms. The number of ether oxygens (including phenoxy) is 1. The normalized spacial score (nSPS) is 19.7. The van der Waals surface area contributed by atoms with Crippen LogP contribution in [0.5, 0.6) is 6.01 Å². The van der Waals surface area contributed by atoms with E-state index in [0.29, 0.717) is 40.8 Å². The predicted octanol–water partition coefficient (Wildman–Crippen LogP) is 2.79. The molecule has 198 valence electrons. The van der Waals surface area contributed by atoms with Gasteiger partial charge in [-0.1, -0.05) is 0 Å². The van der Waals surface area contributed by atoms with Crippen molar-refractivity contribution in [1.82, 2.24) is 30.0 Å². The zero-order chi connectivity index (χ0) is 26.4. The van der Waals surface area contributed by atoms with Crippen molar-refractivity contribution in [1.29, 1.82) is 0 Å². The first kappa shape index (κ1) is 24.5. The highest BCUT2D eigenvalue weighted by Gasteiger charge is 2.25. The van der Waals surface area contributed by atoms with E-state index in [1.54, 1.807) is 36.3 Å². The number of hydrogen-bond acceptors (Lipinski definition) is 8. The molecule has 4 aromatic rings. The predicted molar refractivity (Wildman–Crippen MR) is 144 cm³/mol. The van der Waals surface area contributed by atoms with Crippen LogP contribution in [0.15, 0.2) is 36.7 Å². The molecule has 0 radical (unpaired) electrons. The number of rotatable bonds is 7. The number of hydrogen-bond donors (Lipinski definition) is 2. The van der Waals surface area contributed by atoms with E-state index >= 15 is 0 Å². The van der Waals surface area contributed by atoms with Gasteiger partial charge in [-0.05, 0) is 38.1 Å². The standard InChI is InChI=1S/C27H31FN8O2/c1-16-13-36(14-17(2)30-16)23-5-4-20(25-21(23)12-29-27(32-25)38-9-8-35-6-7-35)26(37)31-19-10-18-15-34(3)33-24(18)22(28)11-19/h4-5,10-12,15-17,30H,6-9,13-14H2,1-3H3,(H,31,37)/t16-,17+. The van der Waals surface area contributed by atoms with Crippen molar-refractivity contribution in [2.24, 2.45) is 7.05 Å². The molecule has 4 heterocycles. The molecule has 2 atom stereocenters. The molecule has 2 aromatic carbocycles. The third-order valence-corrected chi connectivity index (χ3v) is 6.96. The maximum Gasteiger partial charge on any atom is 0.316 e. The molecule has 2 aromatic heterocycles. The van der Waals surface area contributed by atoms with Gasteiger partial charge < -0.3 is 20.3 Å². The van der Waals surface area contributed by atoms with Gasteiger partial charge in [0.2, 0.25) is 0 Å². The lowest BCUT2D eigenvalue weighted by Crippen LogP contribution is -2.54. The number of nitrogens with one attached hydrogen (secondary N) is 2. The SMILES string of the molecule is C[C@@H]1CN(c2ccc(C(=O)Nc3cc(F)c4nn(C)cc4c3)c3nc(OCCN4CC4)ncc23)C[C@H](C)N1. The molecule has 0 unspecified atom stereocenters. The lowest BCUT2D eigenvalue weighted by molar-refractivity contribution is 0.102. The Labute approximate surface area is 219 Å². The zero-order valence-corrected chi connectivity index (χ0v) is 21.7. The second-order valence-corrected chi connectivity index (χ2v) is 10.3. The fourth-order valence-corrected chi connectivity index (χ4v) is 5.18. The van der Waals surface area contributed by atoms with Gasteiger partial charge >= 0.3 is 6.01 Å². The number of fused-ring (bicyclic) bond motifs is 2. The third kappa shape index (κ3) is 4.99. The Morgan fingerprint density at radius 2 is 1.97 bits per heavy atom. The summed E-state index contributed by atoms with van der Waals surface area (Å²) < 4.78 is 22.0. The van der Waals surface area contributed by atoms with Crippen molar-refractivity contribution < 1.29 is 13.9 Å². The van der Waals surface area contributed by atoms with Crippen molar-refractivity contribution >= 4 is 39.1 Å². The van der Waals surface area contributed by atoms with Gasteiger partial charge in [0.25, 0.3) is 5.91 Å². The van der Waals surface area contributed by atoms with Crippen LogP contribution in [0.3, 0.4) is 0 Å². The topological polar surface area (TPSA) is 100 Å². The highest BCUT2D eigenvalue weighted by molar-refractivity contribution is 6.14. The molecule has 1 amide bonds. The van der Waals surface area contributed by atoms with Gasteiger partial charge in [0, 0.05) is 86.4 Å². The fourth-order valence-electron chi connectivity index (χ4n) is 5.18. The van der Waals surface area contributed by atoms with Crippen molar-refractivity contribution in [3.8, 4) is 6.01 Å². The maximum absolute atomic E-state index is 14.6. The minimum atomic E-state index is -0.495. The van der Waals surface area contributed by atoms with Crippen LogP contribution in [0.25, 0.3) is 21.8 Å². The van der Waals surface area contributed by atoms with Gasteiger partial charge in [-0.15, -0.1) is 0 Å². The Morgan fingerprint density at radius 3 is 2.74 bits per heavy atom. The van der Waals surface area contributed by atoms with E-state index in [9.17, 15) is 9.18 Å². The highest BCUT2D eigenvalue weighted by Crippen LogP contribution is 2.31. The summed E-state index contributed by atoms with van der Waals surface area (Å²) in [7, 11) is 1.73. The summed E-state index contributed by atoms with van der Waals surface area (Å²) in [6.45, 7) is 9.42. The van der Waals surface area contributed by atoms with Gasteiger partial charge in [0.15, 0.2) is 5.82 Å². The van der Waals surface area contributed by atoms with Crippen LogP contribution in [0.4, 0.5) is 15.8 Å². The smallest absolute Gasteiger partial charge is 0.316 e. The first-order chi connectivity index (χ1) is 18.3. The number of amides is 1. The third-order valence-electron chi connectivity index (χ3n) is 6.96. The number of benzene rings is 2. The van der Waals surface area contributed by atoms with Gasteiger partial charge in [-0.25, -0.2) is 9.37 Å². The monoisotopic (exact) mass is 518 g/mol. The lowest BCUT2D eigenvalue weighted by atomic mass is 10.0. The molecule has 2 aliphatic heterocycles. The number of nitrogens with zero attached hydrogens (tertiary/aromatic N) is 6. The summed E-state index contributed by atoms with van der Waals surface area (Å²) in [5.74, 6) is -0.884. The summed E-state index contributed by atoms with van der Waals surface area (Å²) in [6.07, 6.45) is 3.45. The van der Waals surface area contributed by atoms with Gasteiger partial charge in [-0.3, -0.25) is 14.4 Å². The molecule has 0 spiro atoms. The number of carbonyl (C=O) groups excluding carboxylic acids is 1. The number of aryl methyl sites for hydroxylation is 1. The van der Waals surface area contributed by atoms with Crippen LogP contribution in [-0.4, -0.2) is 82.0 Å². The van der Waals surface area contributed by atoms with Crippen LogP contribution < -0.4 is 20.3 Å². The largest absolute Gasteiger partial charge is 0.462 e. The number of anilines is 2. The average molecular weight is 519 g/mol. The first-order valence-corrected chi connectivity index (χ1v) is 12.9. The van der Waals surface area contributed by atoms with Crippen LogP contribution in [0, 0.1) is 5.82 Å². The van der Waals surface area contributed by atoms with Crippen LogP contribution in [0.1, 0.15) is 24.2 Å². The zero-order valence-electron chi connectivity index (χ0n) is 21.7. The molecule has 0 saturated carbocycles. The van der Waals surface area contributed by atoms with Crippen LogP contribution >= 0.6 is 0 Å². The molecular weight excluding hydrogens is 487 g/mol. The molecule has 2 saturated heterocycles. The second kappa shape index (κ2) is 9.80. The number of halogens is 1. The molecule has 0 bridgehead atoms. The molecule has 0 aliphatic carbocycles. The number of carbonyl (C=O) groups is 1. The quantitative estimate of drug-likeness (QED) is 0.361. The molecule has 2 aliphatic rings. The Morgan fingerprint density at radius 1 is 1.18 bits per heavy atom. The van der Waals surface area contributed by atoms with E-state index in [2.05, 4.69) is 49.3 Å². The summed E-state index contributed by atoms with van der Waals surface area (Å²) in [5.41, 5.74) is 2.44. The summed E-state index contributed by atoms with van der Waals surface area (Å²) >= 11 is 0. The first-order valence-electron chi connectivity index (χ1n) is 12.9. The number of piperazine rings is 1. The molecule has 38 heavy (non-hydrogen) atoms. The molecule has 2 N–H and O–H groups in total. The van der Waals surface area contributed by atoms with E-state index in [0.717, 1.165) is 43.8 Å². The molecule has 10 nitrogen and oxygen atoms in total. The molecular formula is C27H31FN8O2. The Bertz CT molecular complexity index is 1510. The minimum Gasteiger partial charge on any atom is -0.462 e. The van der Waals surface area contributed by atoms with Gasteiger partial charge in [0.1, 0.15) is 12.1 Å². The van der Waals surface area contributed by atoms with E-state index in [-0.39, 0.29) is 17.4 Å². The van der Waals surface area contributed by atoms with Crippen LogP contribution in [-0.2, 0) is 7.05 Å². The highest BCUT2D eigenvalue weighted by atomic mass is 19.1. The Kier molecular flexibility index (Phi) is 6.32. The lowest BCUT2D eigenvalue weighted by Gasteiger charge is -2.38. The second-order valence-electron chi connectivity index (χ2n) is 10.3. The summed E-state index contributed by atoms with van der Waals surface area (Å²) in [4.78, 5) is 27.2. The molecule has 2 fully saturated rings. The van der Waals surface area contributed by atoms with Crippen LogP contribution in [0.2, 0.25) is 0 Å². The minimum absolute atomic E-state index is 0.232.